The third kappa shape index (κ3) is 30.4. The third-order valence-electron chi connectivity index (χ3n) is 15.7. The first-order chi connectivity index (χ1) is 48.7. The van der Waals surface area contributed by atoms with Gasteiger partial charge in [-0.15, -0.1) is 0 Å². The number of pyridine rings is 1. The highest BCUT2D eigenvalue weighted by Crippen LogP contribution is 2.27. The highest BCUT2D eigenvalue weighted by Gasteiger charge is 2.34. The van der Waals surface area contributed by atoms with Gasteiger partial charge in [-0.1, -0.05) is 30.3 Å². The number of thiocarbonyl (C=S) groups is 1. The van der Waals surface area contributed by atoms with Gasteiger partial charge >= 0.3 is 35.8 Å². The zero-order chi connectivity index (χ0) is 77.2. The molecule has 0 bridgehead atoms. The molecule has 16 N–H and O–H groups in total. The molecule has 0 spiro atoms. The van der Waals surface area contributed by atoms with E-state index in [1.807, 2.05) is 11.4 Å². The summed E-state index contributed by atoms with van der Waals surface area (Å²) in [5.41, 5.74) is 4.10. The minimum absolute atomic E-state index is 0.0695. The van der Waals surface area contributed by atoms with Crippen molar-refractivity contribution >= 4 is 119 Å². The highest BCUT2D eigenvalue weighted by molar-refractivity contribution is 7.89. The Bertz CT molecular complexity index is 4060. The fourth-order valence-corrected chi connectivity index (χ4v) is 14.2. The fraction of sp³-hybridized carbons (Fsp3) is 0.460. The second kappa shape index (κ2) is 39.9. The van der Waals surface area contributed by atoms with Gasteiger partial charge in [-0.2, -0.15) is 21.6 Å². The molecule has 2 unspecified atom stereocenters. The molecule has 0 saturated carbocycles. The van der Waals surface area contributed by atoms with Gasteiger partial charge in [-0.25, -0.2) is 13.4 Å². The predicted octanol–water partition coefficient (Wildman–Crippen LogP) is -1.36. The lowest BCUT2D eigenvalue weighted by Crippen LogP contribution is -2.58. The number of aliphatic carboxylic acids is 6. The number of amides is 4. The molecule has 4 amide bonds. The van der Waals surface area contributed by atoms with Crippen LogP contribution in [0.25, 0.3) is 0 Å². The van der Waals surface area contributed by atoms with E-state index in [9.17, 15) is 113 Å². The summed E-state index contributed by atoms with van der Waals surface area (Å²) in [6, 6.07) is 11.2. The second-order valence-electron chi connectivity index (χ2n) is 24.3. The van der Waals surface area contributed by atoms with Crippen molar-refractivity contribution in [1.82, 2.24) is 51.0 Å². The zero-order valence-electron chi connectivity index (χ0n) is 56.6. The number of carbonyl (C=O) groups is 10. The van der Waals surface area contributed by atoms with Crippen LogP contribution in [-0.4, -0.2) is 270 Å². The smallest absolute Gasteiger partial charge is 0.323 e. The predicted molar refractivity (Wildman–Crippen MR) is 375 cm³/mol. The molecule has 2 heterocycles. The van der Waals surface area contributed by atoms with E-state index in [-0.39, 0.29) is 78.5 Å². The maximum absolute atomic E-state index is 13.7. The number of ether oxygens (including phenoxy) is 1. The van der Waals surface area contributed by atoms with Crippen molar-refractivity contribution in [2.24, 2.45) is 0 Å². The van der Waals surface area contributed by atoms with Gasteiger partial charge in [0.15, 0.2) is 5.11 Å². The SMILES string of the molecule is Cc1cc(OCCCC(=O)NCCNC(=O)[C@H](CS(=O)(=O)O)NC(=O)[C@H](CS(=O)(=O)O)NC(=S)Nc2ccc(C[C@@H](CN(CC(=O)O)CC(C)N(CC(=O)O)CC(=O)O)N(CC(=O)O)CC(=O)O)cc2)cc(C)c1S(=O)(=O)NC(CNC(=O)c1ccc(CCc2ccc3c(n2)NCCC3)cc1)C(=O)O. The summed E-state index contributed by atoms with van der Waals surface area (Å²) in [5, 5.41) is 74.9. The molecule has 41 heteroatoms. The van der Waals surface area contributed by atoms with Gasteiger partial charge in [-0.05, 0) is 142 Å². The molecule has 5 atom stereocenters. The van der Waals surface area contributed by atoms with Gasteiger partial charge in [0.1, 0.15) is 41.2 Å². The lowest BCUT2D eigenvalue weighted by Gasteiger charge is -2.36. The Hall–Kier alpha value is -9.59. The van der Waals surface area contributed by atoms with Crippen LogP contribution in [0.5, 0.6) is 5.75 Å². The molecule has 104 heavy (non-hydrogen) atoms. The lowest BCUT2D eigenvalue weighted by molar-refractivity contribution is -0.144. The van der Waals surface area contributed by atoms with Crippen LogP contribution in [-0.2, 0) is 99.1 Å². The van der Waals surface area contributed by atoms with E-state index in [0.717, 1.165) is 46.3 Å². The normalized spacial score (nSPS) is 13.7. The second-order valence-corrected chi connectivity index (χ2v) is 29.4. The number of aromatic nitrogens is 1. The van der Waals surface area contributed by atoms with Gasteiger partial charge < -0.3 is 72.6 Å². The van der Waals surface area contributed by atoms with Crippen molar-refractivity contribution in [3.8, 4) is 5.75 Å². The fourth-order valence-electron chi connectivity index (χ4n) is 11.0. The number of hydrogen-bond acceptors (Lipinski definition) is 23. The van der Waals surface area contributed by atoms with E-state index in [0.29, 0.717) is 18.4 Å². The van der Waals surface area contributed by atoms with Crippen LogP contribution in [0, 0.1) is 13.8 Å². The Morgan fingerprint density at radius 1 is 0.644 bits per heavy atom. The summed E-state index contributed by atoms with van der Waals surface area (Å²) in [6.45, 7) is -0.649. The number of carboxylic acid groups (broad SMARTS) is 6. The largest absolute Gasteiger partial charge is 0.494 e. The first-order valence-electron chi connectivity index (χ1n) is 32.0. The van der Waals surface area contributed by atoms with Gasteiger partial charge in [0.25, 0.3) is 26.1 Å². The van der Waals surface area contributed by atoms with Crippen molar-refractivity contribution in [1.29, 1.82) is 0 Å². The van der Waals surface area contributed by atoms with E-state index >= 15 is 0 Å². The number of nitrogens with zero attached hydrogens (tertiary/aromatic N) is 4. The molecular formula is C63H84N12O25S4. The van der Waals surface area contributed by atoms with Crippen LogP contribution in [0.15, 0.2) is 77.7 Å². The number of carbonyl (C=O) groups excluding carboxylic acids is 4. The number of benzene rings is 3. The monoisotopic (exact) mass is 1540 g/mol. The molecule has 3 aromatic carbocycles. The van der Waals surface area contributed by atoms with Crippen LogP contribution in [0.4, 0.5) is 11.5 Å². The molecule has 0 radical (unpaired) electrons. The molecule has 1 aromatic heterocycles. The van der Waals surface area contributed by atoms with Crippen LogP contribution >= 0.6 is 12.2 Å². The van der Waals surface area contributed by atoms with Crippen molar-refractivity contribution in [2.75, 3.05) is 101 Å². The first kappa shape index (κ1) is 85.1. The van der Waals surface area contributed by atoms with E-state index < -0.39 is 182 Å². The number of nitrogens with one attached hydrogen (secondary N) is 8. The average molecular weight is 1540 g/mol. The molecule has 4 aromatic rings. The number of sulfonamides is 1. The molecule has 0 fully saturated rings. The van der Waals surface area contributed by atoms with Crippen LogP contribution in [0.2, 0.25) is 0 Å². The van der Waals surface area contributed by atoms with Gasteiger partial charge in [0.05, 0.1) is 44.2 Å². The molecular weight excluding hydrogens is 1450 g/mol. The van der Waals surface area contributed by atoms with E-state index in [4.69, 9.17) is 21.9 Å². The first-order valence-corrected chi connectivity index (χ1v) is 37.1. The molecule has 0 saturated heterocycles. The summed E-state index contributed by atoms with van der Waals surface area (Å²) in [4.78, 5) is 132. The van der Waals surface area contributed by atoms with Crippen LogP contribution < -0.4 is 46.7 Å². The number of hydrogen-bond donors (Lipinski definition) is 16. The Balaban J connectivity index is 1.10. The number of fused-ring (bicyclic) bond motifs is 1. The Kier molecular flexibility index (Phi) is 32.6. The maximum Gasteiger partial charge on any atom is 0.323 e. The minimum Gasteiger partial charge on any atom is -0.494 e. The zero-order valence-corrected chi connectivity index (χ0v) is 59.9. The summed E-state index contributed by atoms with van der Waals surface area (Å²) >= 11 is 5.28. The number of anilines is 2. The molecule has 1 aliphatic rings. The quantitative estimate of drug-likeness (QED) is 0.0138. The summed E-state index contributed by atoms with van der Waals surface area (Å²) in [7, 11) is -14.7. The molecule has 0 aliphatic carbocycles. The van der Waals surface area contributed by atoms with Gasteiger partial charge in [0.2, 0.25) is 27.7 Å². The molecule has 37 nitrogen and oxygen atoms in total. The van der Waals surface area contributed by atoms with Crippen LogP contribution in [0.3, 0.4) is 0 Å². The Labute approximate surface area is 603 Å². The maximum atomic E-state index is 13.7. The van der Waals surface area contributed by atoms with Gasteiger partial charge in [-0.3, -0.25) is 71.8 Å². The van der Waals surface area contributed by atoms with Crippen LogP contribution in [0.1, 0.15) is 70.1 Å². The summed E-state index contributed by atoms with van der Waals surface area (Å²) < 4.78 is 103. The highest BCUT2D eigenvalue weighted by atomic mass is 32.2. The summed E-state index contributed by atoms with van der Waals surface area (Å²) in [5.74, 6) is -14.3. The standard InChI is InChI=1S/C63H84N12O25S4/c1-37-24-47(25-38(2)57(37)104(98,99)72-48(62(90)91)27-67-59(87)43-13-8-40(9-14-43)10-16-44-19-15-42-6-4-20-65-58(42)68-44)100-23-5-7-51(76)64-21-22-66-60(88)49(35-102(92,93)94)70-61(89)50(36-103(95,96)97)71-63(101)69-45-17-11-41(12-18-45)26-46(75(33-55(83)84)34-56(85)86)29-73(30-52(77)78)28-39(3)74(31-53(79)80)32-54(81)82/h8-9,11-15,17-19,24-25,39,46,48-50,72H,4-7,10,16,20-23,26-36H2,1-3H3,(H,64,76)(H,65,68)(H,66,88)(H,67,87)(H,70,89)(H,77,78)(H,79,80)(H,81,82)(H,83,84)(H,85,86)(H,90,91)(H2,69,71,101)(H,92,93,94)(H,95,96,97)/t39?,46-,48?,49-,50-/m0/s1. The Morgan fingerprint density at radius 3 is 1.77 bits per heavy atom. The molecule has 570 valence electrons. The van der Waals surface area contributed by atoms with E-state index in [1.165, 1.54) is 67.6 Å². The van der Waals surface area contributed by atoms with Crippen molar-refractivity contribution < 1.29 is 118 Å². The van der Waals surface area contributed by atoms with Crippen molar-refractivity contribution in [3.05, 3.63) is 112 Å². The number of rotatable bonds is 45. The van der Waals surface area contributed by atoms with Crippen molar-refractivity contribution in [3.63, 3.8) is 0 Å². The average Bonchev–Trinajstić information content (AvgIpc) is 0.788. The number of carboxylic acids is 6. The Morgan fingerprint density at radius 2 is 1.20 bits per heavy atom. The van der Waals surface area contributed by atoms with Crippen molar-refractivity contribution in [2.45, 2.75) is 101 Å². The van der Waals surface area contributed by atoms with E-state index in [1.54, 1.807) is 24.3 Å². The molecule has 5 rings (SSSR count). The number of aryl methyl sites for hydroxylation is 5. The lowest BCUT2D eigenvalue weighted by atomic mass is 10.0. The van der Waals surface area contributed by atoms with E-state index in [2.05, 4.69) is 42.7 Å². The molecule has 1 aliphatic heterocycles. The summed E-state index contributed by atoms with van der Waals surface area (Å²) in [6.07, 6.45) is 3.13. The third-order valence-corrected chi connectivity index (χ3v) is 19.2. The van der Waals surface area contributed by atoms with Gasteiger partial charge in [0, 0.05) is 74.7 Å². The topological polar surface area (TPSA) is 563 Å². The minimum atomic E-state index is -5.07.